The summed E-state index contributed by atoms with van der Waals surface area (Å²) in [5.41, 5.74) is 5.06. The van der Waals surface area contributed by atoms with Gasteiger partial charge in [-0.15, -0.1) is 0 Å². The predicted octanol–water partition coefficient (Wildman–Crippen LogP) is 4.02. The molecule has 11 nitrogen and oxygen atoms in total. The second kappa shape index (κ2) is 10.5. The molecule has 2 amide bonds. The number of nitrogens with two attached hydrogens (primary N) is 1. The summed E-state index contributed by atoms with van der Waals surface area (Å²) in [6.07, 6.45) is 2.16. The average molecular weight is 571 g/mol. The van der Waals surface area contributed by atoms with Gasteiger partial charge >= 0.3 is 6.18 Å². The molecular formula is C26H22F4N8O3. The maximum absolute atomic E-state index is 14.8. The lowest BCUT2D eigenvalue weighted by molar-refractivity contribution is -0.165. The minimum absolute atomic E-state index is 0.0660. The minimum atomic E-state index is -4.48. The Kier molecular flexibility index (Phi) is 7.02. The van der Waals surface area contributed by atoms with Crippen molar-refractivity contribution in [1.82, 2.24) is 24.9 Å². The van der Waals surface area contributed by atoms with Gasteiger partial charge in [0.15, 0.2) is 11.6 Å². The predicted molar refractivity (Wildman–Crippen MR) is 138 cm³/mol. The molecule has 1 fully saturated rings. The van der Waals surface area contributed by atoms with Gasteiger partial charge in [-0.2, -0.15) is 18.3 Å². The van der Waals surface area contributed by atoms with Crippen LogP contribution in [0.3, 0.4) is 0 Å². The third-order valence-electron chi connectivity index (χ3n) is 6.44. The Morgan fingerprint density at radius 2 is 1.90 bits per heavy atom. The molecule has 0 radical (unpaired) electrons. The highest BCUT2D eigenvalue weighted by atomic mass is 19.4. The number of nitrogens with zero attached hydrogens (tertiary/aromatic N) is 5. The monoisotopic (exact) mass is 570 g/mol. The molecule has 0 saturated heterocycles. The normalized spacial score (nSPS) is 14.3. The second-order valence-corrected chi connectivity index (χ2v) is 9.45. The maximum Gasteiger partial charge on any atom is 0.401 e. The summed E-state index contributed by atoms with van der Waals surface area (Å²) in [6.45, 7) is 0. The summed E-state index contributed by atoms with van der Waals surface area (Å²) < 4.78 is 61.0. The number of halogens is 4. The Labute approximate surface area is 229 Å². The highest BCUT2D eigenvalue weighted by Gasteiger charge is 2.66. The lowest BCUT2D eigenvalue weighted by Crippen LogP contribution is -2.28. The molecule has 1 aliphatic rings. The highest BCUT2D eigenvalue weighted by Crippen LogP contribution is 2.59. The van der Waals surface area contributed by atoms with Crippen LogP contribution in [0, 0.1) is 5.82 Å². The van der Waals surface area contributed by atoms with Gasteiger partial charge in [0.1, 0.15) is 16.9 Å². The first-order valence-electron chi connectivity index (χ1n) is 12.2. The third-order valence-corrected chi connectivity index (χ3v) is 6.44. The average Bonchev–Trinajstić information content (AvgIpc) is 3.49. The van der Waals surface area contributed by atoms with Gasteiger partial charge in [0.2, 0.25) is 17.8 Å². The van der Waals surface area contributed by atoms with Crippen LogP contribution in [0.2, 0.25) is 0 Å². The lowest BCUT2D eigenvalue weighted by Gasteiger charge is -2.14. The minimum Gasteiger partial charge on any atom is -0.366 e. The zero-order valence-electron chi connectivity index (χ0n) is 21.4. The fraction of sp³-hybridized carbons (Fsp3) is 0.231. The van der Waals surface area contributed by atoms with Crippen molar-refractivity contribution in [2.75, 3.05) is 10.6 Å². The van der Waals surface area contributed by atoms with Crippen LogP contribution < -0.4 is 16.4 Å². The van der Waals surface area contributed by atoms with Crippen LogP contribution in [0.25, 0.3) is 17.2 Å². The molecule has 41 heavy (non-hydrogen) atoms. The van der Waals surface area contributed by atoms with E-state index in [0.29, 0.717) is 22.5 Å². The number of hydrogen-bond acceptors (Lipinski definition) is 8. The molecule has 15 heteroatoms. The summed E-state index contributed by atoms with van der Waals surface area (Å²) >= 11 is 0. The molecule has 4 aromatic rings. The molecule has 3 aromatic heterocycles. The number of anilines is 3. The fourth-order valence-electron chi connectivity index (χ4n) is 4.13. The standard InChI is InChI=1S/C26H22F4N8O3/c1-38-13-19(18(36-38)4-5-21(31)39)34-24-32-11-16(12-33-24)14-2-3-15(17(27)8-14)9-23(40)35-22-10-20(41-37-22)25(6-7-25)26(28,29)30/h2-5,8,10-13H,6-7,9H2,1H3,(H2,31,39)(H,32,33,34)(H,35,37,40). The molecule has 5 rings (SSSR count). The van der Waals surface area contributed by atoms with Gasteiger partial charge in [0.25, 0.3) is 0 Å². The molecule has 1 aliphatic carbocycles. The first-order valence-corrected chi connectivity index (χ1v) is 12.2. The number of rotatable bonds is 9. The van der Waals surface area contributed by atoms with Gasteiger partial charge < -0.3 is 20.9 Å². The van der Waals surface area contributed by atoms with E-state index in [2.05, 4.69) is 30.9 Å². The molecule has 0 atom stereocenters. The summed E-state index contributed by atoms with van der Waals surface area (Å²) in [5, 5.41) is 13.0. The molecule has 1 aromatic carbocycles. The summed E-state index contributed by atoms with van der Waals surface area (Å²) in [7, 11) is 1.70. The van der Waals surface area contributed by atoms with Crippen LogP contribution in [0.15, 0.2) is 53.5 Å². The van der Waals surface area contributed by atoms with Gasteiger partial charge in [0, 0.05) is 43.3 Å². The van der Waals surface area contributed by atoms with Crippen LogP contribution >= 0.6 is 0 Å². The van der Waals surface area contributed by atoms with Crippen molar-refractivity contribution in [1.29, 1.82) is 0 Å². The number of amides is 2. The van der Waals surface area contributed by atoms with Crippen LogP contribution in [0.4, 0.5) is 35.0 Å². The Morgan fingerprint density at radius 3 is 2.54 bits per heavy atom. The summed E-state index contributed by atoms with van der Waals surface area (Å²) in [6, 6.07) is 5.26. The number of nitrogens with one attached hydrogen (secondary N) is 2. The van der Waals surface area contributed by atoms with Crippen LogP contribution in [0.5, 0.6) is 0 Å². The zero-order chi connectivity index (χ0) is 29.4. The first-order chi connectivity index (χ1) is 19.4. The topological polar surface area (TPSA) is 154 Å². The highest BCUT2D eigenvalue weighted by molar-refractivity contribution is 5.92. The number of carbonyl (C=O) groups excluding carboxylic acids is 2. The molecular weight excluding hydrogens is 548 g/mol. The Bertz CT molecular complexity index is 1640. The third kappa shape index (κ3) is 5.92. The van der Waals surface area contributed by atoms with Crippen LogP contribution in [-0.2, 0) is 28.5 Å². The SMILES string of the molecule is Cn1cc(Nc2ncc(-c3ccc(CC(=O)Nc4cc(C5(C(F)(F)F)CC5)on4)c(F)c3)cn2)c(C=CC(N)=O)n1. The number of aryl methyl sites for hydroxylation is 1. The largest absolute Gasteiger partial charge is 0.401 e. The number of hydrogen-bond donors (Lipinski definition) is 3. The number of carbonyl (C=O) groups is 2. The van der Waals surface area contributed by atoms with E-state index in [9.17, 15) is 27.2 Å². The number of aromatic nitrogens is 5. The van der Waals surface area contributed by atoms with E-state index in [1.807, 2.05) is 0 Å². The zero-order valence-corrected chi connectivity index (χ0v) is 21.4. The van der Waals surface area contributed by atoms with E-state index in [1.165, 1.54) is 41.4 Å². The van der Waals surface area contributed by atoms with Crippen molar-refractivity contribution in [3.63, 3.8) is 0 Å². The van der Waals surface area contributed by atoms with E-state index < -0.39 is 29.2 Å². The van der Waals surface area contributed by atoms with Gasteiger partial charge in [-0.1, -0.05) is 17.3 Å². The first kappa shape index (κ1) is 27.5. The van der Waals surface area contributed by atoms with Crippen molar-refractivity contribution in [2.24, 2.45) is 12.8 Å². The number of primary amides is 1. The molecule has 4 N–H and O–H groups in total. The molecule has 1 saturated carbocycles. The van der Waals surface area contributed by atoms with Gasteiger partial charge in [0.05, 0.1) is 12.1 Å². The Hall–Kier alpha value is -5.08. The van der Waals surface area contributed by atoms with Crippen LogP contribution in [-0.4, -0.2) is 42.9 Å². The van der Waals surface area contributed by atoms with Crippen molar-refractivity contribution >= 4 is 35.3 Å². The molecule has 3 heterocycles. The summed E-state index contributed by atoms with van der Waals surface area (Å²) in [5.74, 6) is -2.28. The van der Waals surface area contributed by atoms with E-state index in [1.54, 1.807) is 19.3 Å². The quantitative estimate of drug-likeness (QED) is 0.201. The number of benzene rings is 1. The maximum atomic E-state index is 14.8. The van der Waals surface area contributed by atoms with E-state index >= 15 is 0 Å². The molecule has 0 spiro atoms. The van der Waals surface area contributed by atoms with Crippen LogP contribution in [0.1, 0.15) is 29.9 Å². The smallest absolute Gasteiger partial charge is 0.366 e. The molecule has 0 bridgehead atoms. The van der Waals surface area contributed by atoms with Gasteiger partial charge in [-0.05, 0) is 36.1 Å². The summed E-state index contributed by atoms with van der Waals surface area (Å²) in [4.78, 5) is 31.9. The Balaban J connectivity index is 1.22. The van der Waals surface area contributed by atoms with Crippen molar-refractivity contribution in [3.05, 3.63) is 71.8 Å². The lowest BCUT2D eigenvalue weighted by atomic mass is 10.0. The van der Waals surface area contributed by atoms with Gasteiger partial charge in [-0.3, -0.25) is 14.3 Å². The van der Waals surface area contributed by atoms with Crippen molar-refractivity contribution in [3.8, 4) is 11.1 Å². The molecule has 0 unspecified atom stereocenters. The molecule has 212 valence electrons. The van der Waals surface area contributed by atoms with Crippen molar-refractivity contribution < 1.29 is 31.7 Å². The van der Waals surface area contributed by atoms with Gasteiger partial charge in [-0.25, -0.2) is 14.4 Å². The molecule has 0 aliphatic heterocycles. The van der Waals surface area contributed by atoms with E-state index in [-0.39, 0.29) is 42.4 Å². The van der Waals surface area contributed by atoms with E-state index in [0.717, 1.165) is 6.07 Å². The second-order valence-electron chi connectivity index (χ2n) is 9.45. The Morgan fingerprint density at radius 1 is 1.17 bits per heavy atom. The fourth-order valence-corrected chi connectivity index (χ4v) is 4.13. The van der Waals surface area contributed by atoms with E-state index in [4.69, 9.17) is 10.3 Å². The van der Waals surface area contributed by atoms with Crippen molar-refractivity contribution in [2.45, 2.75) is 30.9 Å². The number of alkyl halides is 3.